The molecule has 0 aliphatic carbocycles. The highest BCUT2D eigenvalue weighted by Crippen LogP contribution is 2.36. The fourth-order valence-corrected chi connectivity index (χ4v) is 4.25. The molecule has 8 heteroatoms. The van der Waals surface area contributed by atoms with Gasteiger partial charge in [-0.3, -0.25) is 19.4 Å². The van der Waals surface area contributed by atoms with E-state index in [-0.39, 0.29) is 17.5 Å². The van der Waals surface area contributed by atoms with Gasteiger partial charge in [0.15, 0.2) is 0 Å². The van der Waals surface area contributed by atoms with Gasteiger partial charge >= 0.3 is 6.18 Å². The van der Waals surface area contributed by atoms with Crippen molar-refractivity contribution in [1.29, 1.82) is 0 Å². The van der Waals surface area contributed by atoms with Gasteiger partial charge in [0.2, 0.25) is 0 Å². The fourth-order valence-electron chi connectivity index (χ4n) is 4.25. The molecule has 2 aromatic rings. The number of nitrogens with zero attached hydrogens (tertiary/aromatic N) is 3. The van der Waals surface area contributed by atoms with E-state index in [0.717, 1.165) is 19.0 Å². The van der Waals surface area contributed by atoms with E-state index in [1.807, 2.05) is 0 Å². The standard InChI is InChI=1S/C23H24F3N3O2/c24-23(25,26)19-9-3-4-10-20(19)28-15-13-27(14-16-28)11-5-6-12-29-21(30)17-7-1-2-8-18(17)22(29)31/h1-4,7-10H,5-6,11-16H2. The number of hydrogen-bond donors (Lipinski definition) is 0. The van der Waals surface area contributed by atoms with Crippen LogP contribution in [0.2, 0.25) is 0 Å². The van der Waals surface area contributed by atoms with Crippen molar-refractivity contribution in [2.24, 2.45) is 0 Å². The van der Waals surface area contributed by atoms with E-state index < -0.39 is 11.7 Å². The van der Waals surface area contributed by atoms with Gasteiger partial charge in [-0.15, -0.1) is 0 Å². The van der Waals surface area contributed by atoms with Gasteiger partial charge in [-0.25, -0.2) is 0 Å². The Morgan fingerprint density at radius 2 is 1.29 bits per heavy atom. The Morgan fingerprint density at radius 3 is 1.90 bits per heavy atom. The highest BCUT2D eigenvalue weighted by atomic mass is 19.4. The lowest BCUT2D eigenvalue weighted by molar-refractivity contribution is -0.137. The molecular formula is C23H24F3N3O2. The summed E-state index contributed by atoms with van der Waals surface area (Å²) in [7, 11) is 0. The van der Waals surface area contributed by atoms with Crippen LogP contribution in [0.4, 0.5) is 18.9 Å². The normalized spacial score (nSPS) is 17.4. The van der Waals surface area contributed by atoms with Crippen molar-refractivity contribution in [3.63, 3.8) is 0 Å². The lowest BCUT2D eigenvalue weighted by atomic mass is 10.1. The predicted octanol–water partition coefficient (Wildman–Crippen LogP) is 3.90. The summed E-state index contributed by atoms with van der Waals surface area (Å²) >= 11 is 0. The van der Waals surface area contributed by atoms with Gasteiger partial charge in [0.1, 0.15) is 0 Å². The smallest absolute Gasteiger partial charge is 0.368 e. The average molecular weight is 431 g/mol. The fraction of sp³-hybridized carbons (Fsp3) is 0.391. The lowest BCUT2D eigenvalue weighted by Crippen LogP contribution is -2.47. The van der Waals surface area contributed by atoms with Crippen LogP contribution in [0.15, 0.2) is 48.5 Å². The molecule has 0 aromatic heterocycles. The van der Waals surface area contributed by atoms with E-state index >= 15 is 0 Å². The molecule has 2 aliphatic rings. The second kappa shape index (κ2) is 8.70. The molecular weight excluding hydrogens is 407 g/mol. The van der Waals surface area contributed by atoms with Crippen LogP contribution in [-0.4, -0.2) is 60.9 Å². The Bertz CT molecular complexity index is 934. The van der Waals surface area contributed by atoms with E-state index in [9.17, 15) is 22.8 Å². The number of carbonyl (C=O) groups excluding carboxylic acids is 2. The topological polar surface area (TPSA) is 43.9 Å². The minimum Gasteiger partial charge on any atom is -0.368 e. The Kier molecular flexibility index (Phi) is 6.00. The first kappa shape index (κ1) is 21.4. The van der Waals surface area contributed by atoms with Crippen LogP contribution in [0.3, 0.4) is 0 Å². The van der Waals surface area contributed by atoms with Gasteiger partial charge in [-0.2, -0.15) is 13.2 Å². The molecule has 0 saturated carbocycles. The molecule has 0 N–H and O–H groups in total. The summed E-state index contributed by atoms with van der Waals surface area (Å²) in [5.74, 6) is -0.477. The second-order valence-corrected chi connectivity index (χ2v) is 7.86. The van der Waals surface area contributed by atoms with Gasteiger partial charge in [0, 0.05) is 38.4 Å². The van der Waals surface area contributed by atoms with Crippen LogP contribution in [0.1, 0.15) is 39.1 Å². The summed E-state index contributed by atoms with van der Waals surface area (Å²) in [5, 5.41) is 0. The van der Waals surface area contributed by atoms with Crippen LogP contribution in [0.25, 0.3) is 0 Å². The molecule has 1 fully saturated rings. The number of anilines is 1. The second-order valence-electron chi connectivity index (χ2n) is 7.86. The van der Waals surface area contributed by atoms with Gasteiger partial charge < -0.3 is 4.90 Å². The predicted molar refractivity (Wildman–Crippen MR) is 111 cm³/mol. The van der Waals surface area contributed by atoms with Crippen molar-refractivity contribution in [2.75, 3.05) is 44.2 Å². The molecule has 2 heterocycles. The molecule has 0 radical (unpaired) electrons. The number of unbranched alkanes of at least 4 members (excludes halogenated alkanes) is 1. The molecule has 0 bridgehead atoms. The monoisotopic (exact) mass is 431 g/mol. The quantitative estimate of drug-likeness (QED) is 0.514. The maximum Gasteiger partial charge on any atom is 0.418 e. The third kappa shape index (κ3) is 4.44. The van der Waals surface area contributed by atoms with Gasteiger partial charge in [-0.05, 0) is 43.7 Å². The minimum absolute atomic E-state index is 0.236. The number of para-hydroxylation sites is 1. The molecule has 5 nitrogen and oxygen atoms in total. The molecule has 0 spiro atoms. The van der Waals surface area contributed by atoms with Crippen molar-refractivity contribution in [3.05, 3.63) is 65.2 Å². The van der Waals surface area contributed by atoms with Crippen LogP contribution < -0.4 is 4.90 Å². The summed E-state index contributed by atoms with van der Waals surface area (Å²) < 4.78 is 39.8. The van der Waals surface area contributed by atoms with Crippen LogP contribution in [0.5, 0.6) is 0 Å². The summed E-state index contributed by atoms with van der Waals surface area (Å²) in [4.78, 5) is 30.1. The number of piperazine rings is 1. The van der Waals surface area contributed by atoms with Crippen LogP contribution >= 0.6 is 0 Å². The summed E-state index contributed by atoms with van der Waals surface area (Å²) in [5.41, 5.74) is 0.565. The van der Waals surface area contributed by atoms with Gasteiger partial charge in [-0.1, -0.05) is 24.3 Å². The number of alkyl halides is 3. The number of imide groups is 1. The molecule has 2 aliphatic heterocycles. The zero-order valence-corrected chi connectivity index (χ0v) is 17.1. The molecule has 2 amide bonds. The minimum atomic E-state index is -4.36. The van der Waals surface area contributed by atoms with Crippen molar-refractivity contribution in [2.45, 2.75) is 19.0 Å². The Hall–Kier alpha value is -2.87. The van der Waals surface area contributed by atoms with Crippen LogP contribution in [0, 0.1) is 0 Å². The Morgan fingerprint density at radius 1 is 0.742 bits per heavy atom. The Balaban J connectivity index is 1.23. The SMILES string of the molecule is O=C1c2ccccc2C(=O)N1CCCCN1CCN(c2ccccc2C(F)(F)F)CC1. The first-order chi connectivity index (χ1) is 14.9. The first-order valence-corrected chi connectivity index (χ1v) is 10.4. The number of benzene rings is 2. The highest BCUT2D eigenvalue weighted by molar-refractivity contribution is 6.21. The molecule has 31 heavy (non-hydrogen) atoms. The molecule has 1 saturated heterocycles. The number of amides is 2. The number of carbonyl (C=O) groups is 2. The summed E-state index contributed by atoms with van der Waals surface area (Å²) in [6.07, 6.45) is -2.85. The van der Waals surface area contributed by atoms with Crippen molar-refractivity contribution in [1.82, 2.24) is 9.80 Å². The first-order valence-electron chi connectivity index (χ1n) is 10.4. The number of fused-ring (bicyclic) bond motifs is 1. The van der Waals surface area contributed by atoms with E-state index in [2.05, 4.69) is 4.90 Å². The summed E-state index contributed by atoms with van der Waals surface area (Å²) in [6, 6.07) is 12.5. The maximum atomic E-state index is 13.3. The molecule has 2 aromatic carbocycles. The Labute approximate surface area is 179 Å². The number of hydrogen-bond acceptors (Lipinski definition) is 4. The molecule has 0 atom stereocenters. The number of rotatable bonds is 6. The largest absolute Gasteiger partial charge is 0.418 e. The molecule has 4 rings (SSSR count). The van der Waals surface area contributed by atoms with Gasteiger partial charge in [0.05, 0.1) is 16.7 Å². The third-order valence-electron chi connectivity index (χ3n) is 5.91. The lowest BCUT2D eigenvalue weighted by Gasteiger charge is -2.37. The molecule has 164 valence electrons. The van der Waals surface area contributed by atoms with Crippen molar-refractivity contribution >= 4 is 17.5 Å². The van der Waals surface area contributed by atoms with Crippen molar-refractivity contribution in [3.8, 4) is 0 Å². The average Bonchev–Trinajstić information content (AvgIpc) is 3.01. The highest BCUT2D eigenvalue weighted by Gasteiger charge is 2.36. The molecule has 0 unspecified atom stereocenters. The van der Waals surface area contributed by atoms with E-state index in [0.29, 0.717) is 50.3 Å². The maximum absolute atomic E-state index is 13.3. The van der Waals surface area contributed by atoms with E-state index in [1.165, 1.54) is 17.0 Å². The van der Waals surface area contributed by atoms with E-state index in [1.54, 1.807) is 35.2 Å². The van der Waals surface area contributed by atoms with Crippen LogP contribution in [-0.2, 0) is 6.18 Å². The van der Waals surface area contributed by atoms with Crippen molar-refractivity contribution < 1.29 is 22.8 Å². The summed E-state index contributed by atoms with van der Waals surface area (Å²) in [6.45, 7) is 3.60. The van der Waals surface area contributed by atoms with E-state index in [4.69, 9.17) is 0 Å². The zero-order chi connectivity index (χ0) is 22.0. The third-order valence-corrected chi connectivity index (χ3v) is 5.91. The zero-order valence-electron chi connectivity index (χ0n) is 17.1. The van der Waals surface area contributed by atoms with Gasteiger partial charge in [0.25, 0.3) is 11.8 Å². The number of halogens is 3.